The predicted octanol–water partition coefficient (Wildman–Crippen LogP) is 3.34. The molecule has 1 aromatic carbocycles. The summed E-state index contributed by atoms with van der Waals surface area (Å²) in [5.41, 5.74) is 1.75. The van der Waals surface area contributed by atoms with Gasteiger partial charge in [0.1, 0.15) is 5.69 Å². The highest BCUT2D eigenvalue weighted by Gasteiger charge is 2.22. The number of nitrogens with one attached hydrogen (secondary N) is 1. The molecule has 0 aliphatic carbocycles. The zero-order chi connectivity index (χ0) is 20.9. The average molecular weight is 386 g/mol. The SMILES string of the molecule is COc1ccc(C(CC(=O)O)NC(=O)c2ccc(C(C)(C)C)cn2)cc1OC. The first-order valence-corrected chi connectivity index (χ1v) is 8.86. The summed E-state index contributed by atoms with van der Waals surface area (Å²) in [6.45, 7) is 6.18. The van der Waals surface area contributed by atoms with Crippen LogP contribution in [0.4, 0.5) is 0 Å². The molecule has 28 heavy (non-hydrogen) atoms. The van der Waals surface area contributed by atoms with E-state index in [0.29, 0.717) is 17.1 Å². The molecule has 2 aromatic rings. The lowest BCUT2D eigenvalue weighted by Gasteiger charge is -2.20. The molecule has 1 aromatic heterocycles. The standard InChI is InChI=1S/C21H26N2O5/c1-21(2,3)14-7-8-15(22-12-14)20(26)23-16(11-19(24)25)13-6-9-17(27-4)18(10-13)28-5/h6-10,12,16H,11H2,1-5H3,(H,23,26)(H,24,25). The number of ether oxygens (including phenoxy) is 2. The second kappa shape index (κ2) is 8.73. The maximum absolute atomic E-state index is 12.6. The number of pyridine rings is 1. The van der Waals surface area contributed by atoms with Gasteiger partial charge in [0.25, 0.3) is 5.91 Å². The Labute approximate surface area is 164 Å². The van der Waals surface area contributed by atoms with Crippen LogP contribution < -0.4 is 14.8 Å². The molecule has 0 radical (unpaired) electrons. The van der Waals surface area contributed by atoms with E-state index in [1.165, 1.54) is 14.2 Å². The van der Waals surface area contributed by atoms with Gasteiger partial charge in [0.15, 0.2) is 11.5 Å². The Morgan fingerprint density at radius 3 is 2.29 bits per heavy atom. The molecule has 0 aliphatic heterocycles. The van der Waals surface area contributed by atoms with Gasteiger partial charge in [-0.25, -0.2) is 0 Å². The second-order valence-electron chi connectivity index (χ2n) is 7.42. The third kappa shape index (κ3) is 5.22. The molecule has 0 saturated carbocycles. The molecule has 0 saturated heterocycles. The number of hydrogen-bond donors (Lipinski definition) is 2. The zero-order valence-electron chi connectivity index (χ0n) is 16.8. The maximum atomic E-state index is 12.6. The van der Waals surface area contributed by atoms with Gasteiger partial charge in [-0.1, -0.05) is 32.9 Å². The van der Waals surface area contributed by atoms with Crippen molar-refractivity contribution in [2.75, 3.05) is 14.2 Å². The number of carboxylic acids is 1. The van der Waals surface area contributed by atoms with Crippen molar-refractivity contribution in [3.63, 3.8) is 0 Å². The van der Waals surface area contributed by atoms with E-state index in [9.17, 15) is 14.7 Å². The fourth-order valence-corrected chi connectivity index (χ4v) is 2.70. The molecule has 1 amide bonds. The first-order chi connectivity index (χ1) is 13.2. The van der Waals surface area contributed by atoms with E-state index in [1.807, 2.05) is 6.07 Å². The molecule has 0 fully saturated rings. The van der Waals surface area contributed by atoms with Gasteiger partial charge in [-0.15, -0.1) is 0 Å². The van der Waals surface area contributed by atoms with Crippen LogP contribution in [0.1, 0.15) is 54.8 Å². The van der Waals surface area contributed by atoms with E-state index in [2.05, 4.69) is 31.1 Å². The molecule has 150 valence electrons. The summed E-state index contributed by atoms with van der Waals surface area (Å²) in [7, 11) is 3.01. The zero-order valence-corrected chi connectivity index (χ0v) is 16.8. The van der Waals surface area contributed by atoms with Crippen LogP contribution in [0.2, 0.25) is 0 Å². The number of methoxy groups -OCH3 is 2. The maximum Gasteiger partial charge on any atom is 0.305 e. The van der Waals surface area contributed by atoms with Gasteiger partial charge < -0.3 is 19.9 Å². The minimum Gasteiger partial charge on any atom is -0.493 e. The predicted molar refractivity (Wildman–Crippen MR) is 105 cm³/mol. The van der Waals surface area contributed by atoms with Crippen molar-refractivity contribution in [2.24, 2.45) is 0 Å². The van der Waals surface area contributed by atoms with Crippen LogP contribution in [0, 0.1) is 0 Å². The molecular weight excluding hydrogens is 360 g/mol. The second-order valence-corrected chi connectivity index (χ2v) is 7.42. The summed E-state index contributed by atoms with van der Waals surface area (Å²) in [4.78, 5) is 28.2. The molecular formula is C21H26N2O5. The Morgan fingerprint density at radius 1 is 1.11 bits per heavy atom. The minimum absolute atomic E-state index is 0.0759. The van der Waals surface area contributed by atoms with Crippen molar-refractivity contribution < 1.29 is 24.2 Å². The minimum atomic E-state index is -1.03. The first kappa shape index (κ1) is 21.2. The van der Waals surface area contributed by atoms with Crippen LogP contribution in [-0.2, 0) is 10.2 Å². The van der Waals surface area contributed by atoms with Crippen molar-refractivity contribution in [1.29, 1.82) is 0 Å². The number of rotatable bonds is 7. The molecule has 2 rings (SSSR count). The molecule has 0 bridgehead atoms. The number of aliphatic carboxylic acids is 1. The summed E-state index contributed by atoms with van der Waals surface area (Å²) < 4.78 is 10.5. The van der Waals surface area contributed by atoms with Crippen LogP contribution in [0.25, 0.3) is 0 Å². The van der Waals surface area contributed by atoms with Gasteiger partial charge in [0, 0.05) is 6.20 Å². The fourth-order valence-electron chi connectivity index (χ4n) is 2.70. The van der Waals surface area contributed by atoms with Gasteiger partial charge in [-0.2, -0.15) is 0 Å². The first-order valence-electron chi connectivity index (χ1n) is 8.86. The van der Waals surface area contributed by atoms with Crippen molar-refractivity contribution in [3.8, 4) is 11.5 Å². The topological polar surface area (TPSA) is 97.8 Å². The molecule has 1 heterocycles. The van der Waals surface area contributed by atoms with E-state index in [4.69, 9.17) is 9.47 Å². The third-order valence-electron chi connectivity index (χ3n) is 4.36. The number of benzene rings is 1. The van der Waals surface area contributed by atoms with Crippen molar-refractivity contribution in [1.82, 2.24) is 10.3 Å². The smallest absolute Gasteiger partial charge is 0.305 e. The Bertz CT molecular complexity index is 841. The number of hydrogen-bond acceptors (Lipinski definition) is 5. The number of carbonyl (C=O) groups excluding carboxylic acids is 1. The summed E-state index contributed by atoms with van der Waals surface area (Å²) in [5, 5.41) is 12.0. The number of amides is 1. The number of nitrogens with zero attached hydrogens (tertiary/aromatic N) is 1. The van der Waals surface area contributed by atoms with Gasteiger partial charge in [0.05, 0.1) is 26.7 Å². The largest absolute Gasteiger partial charge is 0.493 e. The van der Waals surface area contributed by atoms with Gasteiger partial charge in [0.2, 0.25) is 0 Å². The summed E-state index contributed by atoms with van der Waals surface area (Å²) >= 11 is 0. The fraction of sp³-hybridized carbons (Fsp3) is 0.381. The highest BCUT2D eigenvalue weighted by molar-refractivity contribution is 5.92. The number of aromatic nitrogens is 1. The quantitative estimate of drug-likeness (QED) is 0.757. The Hall–Kier alpha value is -3.09. The van der Waals surface area contributed by atoms with Gasteiger partial charge in [-0.05, 0) is 34.7 Å². The van der Waals surface area contributed by atoms with E-state index < -0.39 is 17.9 Å². The van der Waals surface area contributed by atoms with E-state index in [0.717, 1.165) is 5.56 Å². The summed E-state index contributed by atoms with van der Waals surface area (Å²) in [6.07, 6.45) is 1.39. The highest BCUT2D eigenvalue weighted by atomic mass is 16.5. The molecule has 1 atom stereocenters. The molecule has 2 N–H and O–H groups in total. The van der Waals surface area contributed by atoms with Crippen molar-refractivity contribution in [3.05, 3.63) is 53.3 Å². The van der Waals surface area contributed by atoms with Crippen molar-refractivity contribution >= 4 is 11.9 Å². The van der Waals surface area contributed by atoms with Gasteiger partial charge in [-0.3, -0.25) is 14.6 Å². The summed E-state index contributed by atoms with van der Waals surface area (Å²) in [5.74, 6) is -0.499. The lowest BCUT2D eigenvalue weighted by Crippen LogP contribution is -2.31. The van der Waals surface area contributed by atoms with Crippen LogP contribution in [0.5, 0.6) is 11.5 Å². The summed E-state index contributed by atoms with van der Waals surface area (Å²) in [6, 6.07) is 7.78. The van der Waals surface area contributed by atoms with Crippen molar-refractivity contribution in [2.45, 2.75) is 38.6 Å². The monoisotopic (exact) mass is 386 g/mol. The van der Waals surface area contributed by atoms with E-state index >= 15 is 0 Å². The number of carbonyl (C=O) groups is 2. The third-order valence-corrected chi connectivity index (χ3v) is 4.36. The number of carboxylic acid groups (broad SMARTS) is 1. The molecule has 7 nitrogen and oxygen atoms in total. The molecule has 0 aliphatic rings. The van der Waals surface area contributed by atoms with Gasteiger partial charge >= 0.3 is 5.97 Å². The lowest BCUT2D eigenvalue weighted by atomic mass is 9.88. The normalized spacial score (nSPS) is 12.2. The van der Waals surface area contributed by atoms with Crippen LogP contribution >= 0.6 is 0 Å². The van der Waals surface area contributed by atoms with Crippen LogP contribution in [0.3, 0.4) is 0 Å². The highest BCUT2D eigenvalue weighted by Crippen LogP contribution is 2.31. The molecule has 0 spiro atoms. The Balaban J connectivity index is 2.27. The average Bonchev–Trinajstić information content (AvgIpc) is 2.65. The van der Waals surface area contributed by atoms with Crippen LogP contribution in [0.15, 0.2) is 36.5 Å². The van der Waals surface area contributed by atoms with Crippen LogP contribution in [-0.4, -0.2) is 36.2 Å². The Morgan fingerprint density at radius 2 is 1.79 bits per heavy atom. The Kier molecular flexibility index (Phi) is 6.62. The lowest BCUT2D eigenvalue weighted by molar-refractivity contribution is -0.137. The van der Waals surface area contributed by atoms with E-state index in [-0.39, 0.29) is 17.5 Å². The molecule has 7 heteroatoms. The molecule has 1 unspecified atom stereocenters. The van der Waals surface area contributed by atoms with E-state index in [1.54, 1.807) is 30.5 Å².